The molecule has 1 heterocycles. The lowest BCUT2D eigenvalue weighted by molar-refractivity contribution is -0.154. The molecule has 0 saturated carbocycles. The molecule has 154 valence electrons. The molecule has 1 aromatic carbocycles. The van der Waals surface area contributed by atoms with Gasteiger partial charge in [0.1, 0.15) is 0 Å². The van der Waals surface area contributed by atoms with Crippen LogP contribution in [-0.2, 0) is 23.9 Å². The number of allylic oxidation sites excluding steroid dienone is 2. The number of hydrogen-bond donors (Lipinski definition) is 1. The molecule has 1 aliphatic heterocycles. The molecule has 7 nitrogen and oxygen atoms in total. The molecule has 0 spiro atoms. The third-order valence-electron chi connectivity index (χ3n) is 5.34. The molecule has 1 saturated heterocycles. The van der Waals surface area contributed by atoms with E-state index in [-0.39, 0.29) is 36.6 Å². The Labute approximate surface area is 174 Å². The van der Waals surface area contributed by atoms with E-state index >= 15 is 0 Å². The van der Waals surface area contributed by atoms with E-state index in [0.717, 1.165) is 4.90 Å². The van der Waals surface area contributed by atoms with Crippen LogP contribution in [0.1, 0.15) is 31.7 Å². The standard InChI is InChI=1S/C21H23ClN2O5/c1-12-16(22)8-5-9-17(12)23-19(26)13(2)29-18(25)10-11-24-20(27)14-6-3-4-7-15(14)21(24)28/h3-5,8-9,13-15H,6-7,10-11H2,1-2H3,(H,23,26)/t13-,14+,15+/m1/s1. The third-order valence-corrected chi connectivity index (χ3v) is 5.75. The van der Waals surface area contributed by atoms with Crippen LogP contribution in [0.5, 0.6) is 0 Å². The van der Waals surface area contributed by atoms with Gasteiger partial charge in [-0.25, -0.2) is 0 Å². The number of anilines is 1. The molecule has 3 atom stereocenters. The number of carbonyl (C=O) groups is 4. The van der Waals surface area contributed by atoms with Crippen molar-refractivity contribution < 1.29 is 23.9 Å². The molecular formula is C21H23ClN2O5. The zero-order chi connectivity index (χ0) is 21.1. The average Bonchev–Trinajstić information content (AvgIpc) is 2.94. The zero-order valence-electron chi connectivity index (χ0n) is 16.3. The van der Waals surface area contributed by atoms with E-state index < -0.39 is 18.0 Å². The summed E-state index contributed by atoms with van der Waals surface area (Å²) in [5.74, 6) is -2.26. The monoisotopic (exact) mass is 418 g/mol. The number of rotatable bonds is 6. The maximum Gasteiger partial charge on any atom is 0.308 e. The van der Waals surface area contributed by atoms with Crippen molar-refractivity contribution in [1.29, 1.82) is 0 Å². The summed E-state index contributed by atoms with van der Waals surface area (Å²) in [6.45, 7) is 3.19. The van der Waals surface area contributed by atoms with E-state index in [9.17, 15) is 19.2 Å². The van der Waals surface area contributed by atoms with Crippen LogP contribution < -0.4 is 5.32 Å². The Morgan fingerprint density at radius 2 is 1.83 bits per heavy atom. The molecule has 3 rings (SSSR count). The van der Waals surface area contributed by atoms with Crippen molar-refractivity contribution in [2.45, 2.75) is 39.2 Å². The van der Waals surface area contributed by atoms with Crippen LogP contribution in [0.2, 0.25) is 5.02 Å². The average molecular weight is 419 g/mol. The number of imide groups is 1. The second-order valence-corrected chi connectivity index (χ2v) is 7.67. The summed E-state index contributed by atoms with van der Waals surface area (Å²) in [6.07, 6.45) is 3.74. The van der Waals surface area contributed by atoms with Gasteiger partial charge in [-0.15, -0.1) is 0 Å². The number of hydrogen-bond acceptors (Lipinski definition) is 5. The first-order valence-electron chi connectivity index (χ1n) is 9.55. The number of nitrogens with zero attached hydrogens (tertiary/aromatic N) is 1. The molecule has 0 bridgehead atoms. The van der Waals surface area contributed by atoms with Gasteiger partial charge in [0.2, 0.25) is 11.8 Å². The molecule has 0 aromatic heterocycles. The summed E-state index contributed by atoms with van der Waals surface area (Å²) in [7, 11) is 0. The highest BCUT2D eigenvalue weighted by atomic mass is 35.5. The number of esters is 1. The maximum absolute atomic E-state index is 12.4. The quantitative estimate of drug-likeness (QED) is 0.435. The third kappa shape index (κ3) is 4.50. The fraction of sp³-hybridized carbons (Fsp3) is 0.429. The highest BCUT2D eigenvalue weighted by molar-refractivity contribution is 6.31. The predicted octanol–water partition coefficient (Wildman–Crippen LogP) is 2.86. The highest BCUT2D eigenvalue weighted by Gasteiger charge is 2.47. The number of ether oxygens (including phenoxy) is 1. The van der Waals surface area contributed by atoms with Crippen LogP contribution >= 0.6 is 11.6 Å². The minimum absolute atomic E-state index is 0.0365. The van der Waals surface area contributed by atoms with Gasteiger partial charge >= 0.3 is 5.97 Å². The highest BCUT2D eigenvalue weighted by Crippen LogP contribution is 2.35. The van der Waals surface area contributed by atoms with Crippen LogP contribution in [0.15, 0.2) is 30.4 Å². The number of amides is 3. The van der Waals surface area contributed by atoms with Gasteiger partial charge in [0.25, 0.3) is 5.91 Å². The molecule has 1 N–H and O–H groups in total. The van der Waals surface area contributed by atoms with Gasteiger partial charge in [-0.1, -0.05) is 29.8 Å². The van der Waals surface area contributed by atoms with Crippen molar-refractivity contribution in [2.75, 3.05) is 11.9 Å². The van der Waals surface area contributed by atoms with E-state index in [2.05, 4.69) is 5.32 Å². The number of carbonyl (C=O) groups excluding carboxylic acids is 4. The lowest BCUT2D eigenvalue weighted by Gasteiger charge is -2.17. The summed E-state index contributed by atoms with van der Waals surface area (Å²) in [5.41, 5.74) is 1.25. The van der Waals surface area contributed by atoms with E-state index in [1.807, 2.05) is 12.2 Å². The SMILES string of the molecule is Cc1c(Cl)cccc1NC(=O)[C@@H](C)OC(=O)CCN1C(=O)[C@H]2CC=CC[C@@H]2C1=O. The Hall–Kier alpha value is -2.67. The molecular weight excluding hydrogens is 396 g/mol. The van der Waals surface area contributed by atoms with Gasteiger partial charge in [-0.3, -0.25) is 24.1 Å². The van der Waals surface area contributed by atoms with Gasteiger partial charge in [-0.05, 0) is 44.4 Å². The molecule has 8 heteroatoms. The maximum atomic E-state index is 12.4. The van der Waals surface area contributed by atoms with Crippen molar-refractivity contribution in [3.63, 3.8) is 0 Å². The molecule has 0 unspecified atom stereocenters. The zero-order valence-corrected chi connectivity index (χ0v) is 17.1. The normalized spacial score (nSPS) is 21.7. The summed E-state index contributed by atoms with van der Waals surface area (Å²) in [6, 6.07) is 5.12. The number of halogens is 1. The largest absolute Gasteiger partial charge is 0.452 e. The van der Waals surface area contributed by atoms with Gasteiger partial charge < -0.3 is 10.1 Å². The van der Waals surface area contributed by atoms with Crippen LogP contribution in [0.3, 0.4) is 0 Å². The fourth-order valence-electron chi connectivity index (χ4n) is 3.58. The molecule has 1 fully saturated rings. The molecule has 1 aliphatic carbocycles. The van der Waals surface area contributed by atoms with Crippen molar-refractivity contribution in [2.24, 2.45) is 11.8 Å². The topological polar surface area (TPSA) is 92.8 Å². The predicted molar refractivity (Wildman–Crippen MR) is 107 cm³/mol. The molecule has 3 amide bonds. The number of likely N-dealkylation sites (tertiary alicyclic amines) is 1. The Morgan fingerprint density at radius 1 is 1.21 bits per heavy atom. The second-order valence-electron chi connectivity index (χ2n) is 7.27. The number of benzene rings is 1. The Kier molecular flexibility index (Phi) is 6.37. The van der Waals surface area contributed by atoms with Gasteiger partial charge in [-0.2, -0.15) is 0 Å². The Balaban J connectivity index is 1.50. The minimum Gasteiger partial charge on any atom is -0.452 e. The van der Waals surface area contributed by atoms with Crippen molar-refractivity contribution >= 4 is 41.0 Å². The van der Waals surface area contributed by atoms with E-state index in [1.165, 1.54) is 6.92 Å². The first-order chi connectivity index (χ1) is 13.8. The van der Waals surface area contributed by atoms with Gasteiger partial charge in [0.05, 0.1) is 18.3 Å². The number of fused-ring (bicyclic) bond motifs is 1. The molecule has 1 aromatic rings. The lowest BCUT2D eigenvalue weighted by atomic mass is 9.85. The van der Waals surface area contributed by atoms with Crippen molar-refractivity contribution in [1.82, 2.24) is 4.90 Å². The van der Waals surface area contributed by atoms with Crippen LogP contribution in [-0.4, -0.2) is 41.2 Å². The first kappa shape index (κ1) is 21.0. The van der Waals surface area contributed by atoms with Crippen molar-refractivity contribution in [3.05, 3.63) is 40.9 Å². The minimum atomic E-state index is -1.03. The van der Waals surface area contributed by atoms with Crippen LogP contribution in [0.4, 0.5) is 5.69 Å². The van der Waals surface area contributed by atoms with Gasteiger partial charge in [0.15, 0.2) is 6.10 Å². The summed E-state index contributed by atoms with van der Waals surface area (Å²) >= 11 is 6.03. The Bertz CT molecular complexity index is 856. The summed E-state index contributed by atoms with van der Waals surface area (Å²) < 4.78 is 5.16. The van der Waals surface area contributed by atoms with E-state index in [1.54, 1.807) is 25.1 Å². The summed E-state index contributed by atoms with van der Waals surface area (Å²) in [4.78, 5) is 50.4. The number of nitrogens with one attached hydrogen (secondary N) is 1. The van der Waals surface area contributed by atoms with E-state index in [4.69, 9.17) is 16.3 Å². The molecule has 0 radical (unpaired) electrons. The lowest BCUT2D eigenvalue weighted by Crippen LogP contribution is -2.35. The first-order valence-corrected chi connectivity index (χ1v) is 9.93. The smallest absolute Gasteiger partial charge is 0.308 e. The van der Waals surface area contributed by atoms with Crippen LogP contribution in [0, 0.1) is 18.8 Å². The fourth-order valence-corrected chi connectivity index (χ4v) is 3.75. The second kappa shape index (κ2) is 8.78. The molecule has 2 aliphatic rings. The molecule has 29 heavy (non-hydrogen) atoms. The van der Waals surface area contributed by atoms with Crippen LogP contribution in [0.25, 0.3) is 0 Å². The van der Waals surface area contributed by atoms with Crippen molar-refractivity contribution in [3.8, 4) is 0 Å². The Morgan fingerprint density at radius 3 is 2.45 bits per heavy atom. The van der Waals surface area contributed by atoms with E-state index in [0.29, 0.717) is 29.1 Å². The summed E-state index contributed by atoms with van der Waals surface area (Å²) in [5, 5.41) is 3.19. The van der Waals surface area contributed by atoms with Gasteiger partial charge in [0, 0.05) is 17.3 Å².